The molecule has 7 nitrogen and oxygen atoms in total. The smallest absolute Gasteiger partial charge is 0.206 e. The second kappa shape index (κ2) is 8.33. The Balaban J connectivity index is 1.70. The molecule has 8 heteroatoms. The molecular weight excluding hydrogens is 374 g/mol. The number of hydrogen-bond acceptors (Lipinski definition) is 5. The van der Waals surface area contributed by atoms with Crippen LogP contribution in [0.5, 0.6) is 0 Å². The second-order valence-corrected chi connectivity index (χ2v) is 7.80. The summed E-state index contributed by atoms with van der Waals surface area (Å²) >= 11 is 0. The summed E-state index contributed by atoms with van der Waals surface area (Å²) in [7, 11) is -3.64. The predicted octanol–water partition coefficient (Wildman–Crippen LogP) is 2.71. The van der Waals surface area contributed by atoms with E-state index < -0.39 is 9.84 Å². The minimum atomic E-state index is -3.64. The molecule has 0 radical (unpaired) electrons. The van der Waals surface area contributed by atoms with Gasteiger partial charge in [-0.15, -0.1) is 0 Å². The average molecular weight is 391 g/mol. The molecule has 2 aromatic carbocycles. The highest BCUT2D eigenvalue weighted by molar-refractivity contribution is 7.91. The Labute approximate surface area is 163 Å². The van der Waals surface area contributed by atoms with Gasteiger partial charge in [0.15, 0.2) is 5.96 Å². The molecule has 0 fully saturated rings. The van der Waals surface area contributed by atoms with Crippen molar-refractivity contribution < 1.29 is 8.42 Å². The predicted molar refractivity (Wildman–Crippen MR) is 106 cm³/mol. The first-order chi connectivity index (χ1) is 13.5. The molecule has 0 unspecified atom stereocenters. The highest BCUT2D eigenvalue weighted by Gasteiger charge is 2.17. The van der Waals surface area contributed by atoms with E-state index in [1.54, 1.807) is 36.7 Å². The third-order valence-corrected chi connectivity index (χ3v) is 5.70. The van der Waals surface area contributed by atoms with Crippen molar-refractivity contribution in [3.63, 3.8) is 0 Å². The van der Waals surface area contributed by atoms with Crippen LogP contribution in [0.2, 0.25) is 0 Å². The number of nitriles is 1. The lowest BCUT2D eigenvalue weighted by molar-refractivity contribution is 0.596. The summed E-state index contributed by atoms with van der Waals surface area (Å²) in [5.74, 6) is 0.250. The topological polar surface area (TPSA) is 121 Å². The van der Waals surface area contributed by atoms with Crippen LogP contribution in [0.4, 0.5) is 5.69 Å². The van der Waals surface area contributed by atoms with Crippen molar-refractivity contribution in [2.75, 3.05) is 5.32 Å². The summed E-state index contributed by atoms with van der Waals surface area (Å²) in [6.07, 6.45) is 3.28. The fourth-order valence-electron chi connectivity index (χ4n) is 2.42. The lowest BCUT2D eigenvalue weighted by atomic mass is 10.2. The van der Waals surface area contributed by atoms with Crippen LogP contribution in [-0.2, 0) is 16.4 Å². The number of rotatable bonds is 5. The normalized spacial score (nSPS) is 11.6. The number of hydrogen-bond donors (Lipinski definition) is 2. The fraction of sp³-hybridized carbons (Fsp3) is 0.0500. The van der Waals surface area contributed by atoms with Gasteiger partial charge in [-0.1, -0.05) is 12.1 Å². The number of pyridine rings is 1. The zero-order valence-electron chi connectivity index (χ0n) is 14.8. The molecule has 0 aliphatic rings. The maximum Gasteiger partial charge on any atom is 0.206 e. The average Bonchev–Trinajstić information content (AvgIpc) is 2.73. The summed E-state index contributed by atoms with van der Waals surface area (Å²) in [6, 6.07) is 17.8. The standard InChI is InChI=1S/C20H17N5O2S/c21-13-15-1-5-18(6-2-15)28(26,27)19-7-3-16(4-8-19)14-24-20(22)25-17-9-11-23-12-10-17/h1-12H,14H2,(H3,22,23,24,25). The molecule has 0 aliphatic heterocycles. The molecule has 3 rings (SSSR count). The Hall–Kier alpha value is -3.70. The van der Waals surface area contributed by atoms with E-state index in [0.29, 0.717) is 12.1 Å². The number of nitrogens with zero attached hydrogens (tertiary/aromatic N) is 3. The lowest BCUT2D eigenvalue weighted by Gasteiger charge is -2.07. The summed E-state index contributed by atoms with van der Waals surface area (Å²) in [5, 5.41) is 11.8. The van der Waals surface area contributed by atoms with E-state index in [0.717, 1.165) is 11.3 Å². The van der Waals surface area contributed by atoms with Crippen LogP contribution < -0.4 is 11.1 Å². The van der Waals surface area contributed by atoms with Gasteiger partial charge in [-0.25, -0.2) is 13.4 Å². The molecule has 0 atom stereocenters. The van der Waals surface area contributed by atoms with Gasteiger partial charge in [0.05, 0.1) is 28.0 Å². The van der Waals surface area contributed by atoms with Crippen molar-refractivity contribution in [2.24, 2.45) is 10.7 Å². The van der Waals surface area contributed by atoms with Gasteiger partial charge in [-0.3, -0.25) is 4.98 Å². The first kappa shape index (κ1) is 19.1. The minimum Gasteiger partial charge on any atom is -0.370 e. The van der Waals surface area contributed by atoms with E-state index >= 15 is 0 Å². The Bertz CT molecular complexity index is 1120. The van der Waals surface area contributed by atoms with E-state index in [4.69, 9.17) is 11.0 Å². The summed E-state index contributed by atoms with van der Waals surface area (Å²) in [6.45, 7) is 0.307. The van der Waals surface area contributed by atoms with Crippen LogP contribution in [0.3, 0.4) is 0 Å². The fourth-order valence-corrected chi connectivity index (χ4v) is 3.68. The van der Waals surface area contributed by atoms with Crippen molar-refractivity contribution in [2.45, 2.75) is 16.3 Å². The van der Waals surface area contributed by atoms with Crippen LogP contribution in [0, 0.1) is 11.3 Å². The molecule has 3 aromatic rings. The number of nitrogens with two attached hydrogens (primary N) is 1. The zero-order chi connectivity index (χ0) is 20.0. The highest BCUT2D eigenvalue weighted by Crippen LogP contribution is 2.21. The number of nitrogens with one attached hydrogen (secondary N) is 1. The van der Waals surface area contributed by atoms with Gasteiger partial charge in [-0.05, 0) is 54.1 Å². The maximum atomic E-state index is 12.7. The zero-order valence-corrected chi connectivity index (χ0v) is 15.6. The van der Waals surface area contributed by atoms with Crippen molar-refractivity contribution in [3.8, 4) is 6.07 Å². The Morgan fingerprint density at radius 3 is 2.14 bits per heavy atom. The molecule has 0 saturated heterocycles. The summed E-state index contributed by atoms with van der Waals surface area (Å²) in [5.41, 5.74) is 7.86. The van der Waals surface area contributed by atoms with Gasteiger partial charge >= 0.3 is 0 Å². The molecule has 0 bridgehead atoms. The molecule has 0 spiro atoms. The Morgan fingerprint density at radius 1 is 1.00 bits per heavy atom. The first-order valence-corrected chi connectivity index (χ1v) is 9.78. The molecule has 140 valence electrons. The molecule has 0 amide bonds. The van der Waals surface area contributed by atoms with Gasteiger partial charge in [0.2, 0.25) is 9.84 Å². The largest absolute Gasteiger partial charge is 0.370 e. The van der Waals surface area contributed by atoms with Gasteiger partial charge < -0.3 is 11.1 Å². The third-order valence-electron chi connectivity index (χ3n) is 3.91. The number of sulfone groups is 1. The van der Waals surface area contributed by atoms with Crippen molar-refractivity contribution in [3.05, 3.63) is 84.2 Å². The number of benzene rings is 2. The first-order valence-electron chi connectivity index (χ1n) is 8.30. The lowest BCUT2D eigenvalue weighted by Crippen LogP contribution is -2.22. The Kier molecular flexibility index (Phi) is 5.67. The van der Waals surface area contributed by atoms with Gasteiger partial charge in [0.1, 0.15) is 0 Å². The molecular formula is C20H17N5O2S. The van der Waals surface area contributed by atoms with E-state index in [1.165, 1.54) is 36.4 Å². The molecule has 0 saturated carbocycles. The van der Waals surface area contributed by atoms with Crippen molar-refractivity contribution >= 4 is 21.5 Å². The van der Waals surface area contributed by atoms with Gasteiger partial charge in [0.25, 0.3) is 0 Å². The number of aromatic nitrogens is 1. The SMILES string of the molecule is N#Cc1ccc(S(=O)(=O)c2ccc(CN=C(N)Nc3ccncc3)cc2)cc1. The number of anilines is 1. The second-order valence-electron chi connectivity index (χ2n) is 5.85. The highest BCUT2D eigenvalue weighted by atomic mass is 32.2. The van der Waals surface area contributed by atoms with Gasteiger partial charge in [-0.2, -0.15) is 5.26 Å². The molecule has 1 heterocycles. The van der Waals surface area contributed by atoms with E-state index in [2.05, 4.69) is 15.3 Å². The van der Waals surface area contributed by atoms with E-state index in [9.17, 15) is 8.42 Å². The van der Waals surface area contributed by atoms with Crippen molar-refractivity contribution in [1.82, 2.24) is 4.98 Å². The monoisotopic (exact) mass is 391 g/mol. The quantitative estimate of drug-likeness (QED) is 0.509. The summed E-state index contributed by atoms with van der Waals surface area (Å²) < 4.78 is 25.3. The van der Waals surface area contributed by atoms with Crippen LogP contribution in [0.1, 0.15) is 11.1 Å². The molecule has 28 heavy (non-hydrogen) atoms. The minimum absolute atomic E-state index is 0.142. The van der Waals surface area contributed by atoms with Crippen LogP contribution in [0.25, 0.3) is 0 Å². The van der Waals surface area contributed by atoms with E-state index in [-0.39, 0.29) is 15.8 Å². The molecule has 0 aliphatic carbocycles. The molecule has 3 N–H and O–H groups in total. The summed E-state index contributed by atoms with van der Waals surface area (Å²) in [4.78, 5) is 8.48. The van der Waals surface area contributed by atoms with Crippen molar-refractivity contribution in [1.29, 1.82) is 5.26 Å². The number of guanidine groups is 1. The van der Waals surface area contributed by atoms with Crippen LogP contribution >= 0.6 is 0 Å². The van der Waals surface area contributed by atoms with Gasteiger partial charge in [0, 0.05) is 18.1 Å². The molecule has 1 aromatic heterocycles. The number of aliphatic imine (C=N–C) groups is 1. The van der Waals surface area contributed by atoms with E-state index in [1.807, 2.05) is 6.07 Å². The maximum absolute atomic E-state index is 12.7. The van der Waals surface area contributed by atoms with Crippen LogP contribution in [0.15, 0.2) is 87.8 Å². The third kappa shape index (κ3) is 4.52. The van der Waals surface area contributed by atoms with Crippen LogP contribution in [-0.4, -0.2) is 19.4 Å². The Morgan fingerprint density at radius 2 is 1.57 bits per heavy atom.